The van der Waals surface area contributed by atoms with Crippen LogP contribution in [-0.4, -0.2) is 57.1 Å². The second kappa shape index (κ2) is 6.27. The van der Waals surface area contributed by atoms with Gasteiger partial charge in [0, 0.05) is 31.6 Å². The van der Waals surface area contributed by atoms with E-state index in [9.17, 15) is 4.79 Å². The van der Waals surface area contributed by atoms with E-state index < -0.39 is 0 Å². The van der Waals surface area contributed by atoms with Crippen molar-refractivity contribution in [2.45, 2.75) is 31.6 Å². The quantitative estimate of drug-likeness (QED) is 0.844. The Morgan fingerprint density at radius 2 is 2.04 bits per heavy atom. The van der Waals surface area contributed by atoms with Crippen LogP contribution in [0, 0.1) is 0 Å². The molecule has 2 aromatic rings. The van der Waals surface area contributed by atoms with Crippen LogP contribution in [0.3, 0.4) is 0 Å². The van der Waals surface area contributed by atoms with Crippen LogP contribution in [0.5, 0.6) is 0 Å². The predicted octanol–water partition coefficient (Wildman–Crippen LogP) is 2.59. The van der Waals surface area contributed by atoms with Gasteiger partial charge in [-0.1, -0.05) is 5.16 Å². The molecule has 4 heterocycles. The summed E-state index contributed by atoms with van der Waals surface area (Å²) in [5.41, 5.74) is 2.49. The van der Waals surface area contributed by atoms with Crippen LogP contribution in [-0.2, 0) is 0 Å². The molecular formula is C15H19N5O2S. The second-order valence-corrected chi connectivity index (χ2v) is 6.81. The Kier molecular flexibility index (Phi) is 3.99. The van der Waals surface area contributed by atoms with Crippen LogP contribution in [0.1, 0.15) is 37.5 Å². The molecular weight excluding hydrogens is 314 g/mol. The van der Waals surface area contributed by atoms with Crippen molar-refractivity contribution in [1.29, 1.82) is 0 Å². The lowest BCUT2D eigenvalue weighted by molar-refractivity contribution is 0.142. The fourth-order valence-electron chi connectivity index (χ4n) is 3.29. The molecule has 2 aliphatic rings. The highest BCUT2D eigenvalue weighted by atomic mass is 32.1. The number of thiazole rings is 1. The van der Waals surface area contributed by atoms with Crippen molar-refractivity contribution >= 4 is 17.4 Å². The third-order valence-electron chi connectivity index (χ3n) is 4.52. The second-order valence-electron chi connectivity index (χ2n) is 6.09. The van der Waals surface area contributed by atoms with E-state index in [0.717, 1.165) is 51.0 Å². The summed E-state index contributed by atoms with van der Waals surface area (Å²) in [5.74, 6) is 1.27. The lowest BCUT2D eigenvalue weighted by atomic mass is 9.98. The van der Waals surface area contributed by atoms with E-state index in [-0.39, 0.29) is 11.9 Å². The summed E-state index contributed by atoms with van der Waals surface area (Å²) in [6, 6.07) is 0.159. The van der Waals surface area contributed by atoms with Crippen molar-refractivity contribution in [2.75, 3.05) is 26.2 Å². The molecule has 0 spiro atoms. The van der Waals surface area contributed by atoms with Crippen molar-refractivity contribution in [3.8, 4) is 11.5 Å². The van der Waals surface area contributed by atoms with Gasteiger partial charge in [0.05, 0.1) is 11.4 Å². The topological polar surface area (TPSA) is 75.4 Å². The molecule has 0 radical (unpaired) electrons. The van der Waals surface area contributed by atoms with Gasteiger partial charge in [0.15, 0.2) is 0 Å². The molecule has 2 amide bonds. The highest BCUT2D eigenvalue weighted by molar-refractivity contribution is 7.07. The average Bonchev–Trinajstić information content (AvgIpc) is 3.36. The number of likely N-dealkylation sites (tertiary alicyclic amines) is 2. The molecule has 7 nitrogen and oxygen atoms in total. The van der Waals surface area contributed by atoms with E-state index in [2.05, 4.69) is 15.1 Å². The summed E-state index contributed by atoms with van der Waals surface area (Å²) in [7, 11) is 0. The number of urea groups is 1. The molecule has 1 atom stereocenters. The van der Waals surface area contributed by atoms with Crippen molar-refractivity contribution in [2.24, 2.45) is 0 Å². The standard InChI is InChI=1S/C15H19N5O2S/c21-15(19-5-1-2-6-19)20-7-3-4-11(8-20)14-17-13(18-22-14)12-9-23-10-16-12/h9-11H,1-8H2. The third-order valence-corrected chi connectivity index (χ3v) is 5.11. The summed E-state index contributed by atoms with van der Waals surface area (Å²) in [5, 5.41) is 5.93. The maximum absolute atomic E-state index is 12.5. The highest BCUT2D eigenvalue weighted by Gasteiger charge is 2.31. The maximum Gasteiger partial charge on any atom is 0.320 e. The van der Waals surface area contributed by atoms with Gasteiger partial charge in [0.1, 0.15) is 5.69 Å². The molecule has 122 valence electrons. The van der Waals surface area contributed by atoms with Crippen LogP contribution < -0.4 is 0 Å². The largest absolute Gasteiger partial charge is 0.339 e. The molecule has 2 aromatic heterocycles. The minimum atomic E-state index is 0.121. The molecule has 8 heteroatoms. The lowest BCUT2D eigenvalue weighted by Gasteiger charge is -2.33. The summed E-state index contributed by atoms with van der Waals surface area (Å²) in [6.07, 6.45) is 4.18. The van der Waals surface area contributed by atoms with E-state index in [0.29, 0.717) is 18.3 Å². The zero-order chi connectivity index (χ0) is 15.6. The lowest BCUT2D eigenvalue weighted by Crippen LogP contribution is -2.46. The first-order chi connectivity index (χ1) is 11.3. The number of hydrogen-bond donors (Lipinski definition) is 0. The Bertz CT molecular complexity index is 665. The SMILES string of the molecule is O=C(N1CCCC1)N1CCCC(c2nc(-c3cscn3)no2)C1. The molecule has 2 aliphatic heterocycles. The first-order valence-electron chi connectivity index (χ1n) is 8.07. The van der Waals surface area contributed by atoms with Gasteiger partial charge < -0.3 is 14.3 Å². The molecule has 23 heavy (non-hydrogen) atoms. The smallest absolute Gasteiger partial charge is 0.320 e. The fourth-order valence-corrected chi connectivity index (χ4v) is 3.82. The number of piperidine rings is 1. The number of carbonyl (C=O) groups excluding carboxylic acids is 1. The van der Waals surface area contributed by atoms with Crippen LogP contribution >= 0.6 is 11.3 Å². The fraction of sp³-hybridized carbons (Fsp3) is 0.600. The number of aromatic nitrogens is 3. The van der Waals surface area contributed by atoms with Crippen LogP contribution in [0.25, 0.3) is 11.5 Å². The number of amides is 2. The monoisotopic (exact) mass is 333 g/mol. The van der Waals surface area contributed by atoms with Gasteiger partial charge in [-0.25, -0.2) is 9.78 Å². The normalized spacial score (nSPS) is 21.8. The third kappa shape index (κ3) is 2.95. The van der Waals surface area contributed by atoms with Crippen molar-refractivity contribution < 1.29 is 9.32 Å². The van der Waals surface area contributed by atoms with Gasteiger partial charge in [0.25, 0.3) is 0 Å². The minimum Gasteiger partial charge on any atom is -0.339 e. The predicted molar refractivity (Wildman–Crippen MR) is 85.2 cm³/mol. The molecule has 0 aliphatic carbocycles. The zero-order valence-electron chi connectivity index (χ0n) is 12.8. The highest BCUT2D eigenvalue weighted by Crippen LogP contribution is 2.28. The van der Waals surface area contributed by atoms with Gasteiger partial charge in [-0.15, -0.1) is 11.3 Å². The van der Waals surface area contributed by atoms with Gasteiger partial charge in [-0.05, 0) is 25.7 Å². The van der Waals surface area contributed by atoms with Crippen LogP contribution in [0.4, 0.5) is 4.79 Å². The van der Waals surface area contributed by atoms with E-state index in [4.69, 9.17) is 4.52 Å². The Morgan fingerprint density at radius 3 is 2.83 bits per heavy atom. The molecule has 0 aromatic carbocycles. The van der Waals surface area contributed by atoms with Gasteiger partial charge in [-0.2, -0.15) is 4.98 Å². The molecule has 1 unspecified atom stereocenters. The first-order valence-corrected chi connectivity index (χ1v) is 9.01. The summed E-state index contributed by atoms with van der Waals surface area (Å²) < 4.78 is 5.43. The molecule has 0 saturated carbocycles. The summed E-state index contributed by atoms with van der Waals surface area (Å²) in [4.78, 5) is 25.1. The van der Waals surface area contributed by atoms with E-state index >= 15 is 0 Å². The molecule has 0 bridgehead atoms. The zero-order valence-corrected chi connectivity index (χ0v) is 13.7. The Labute approximate surface area is 138 Å². The van der Waals surface area contributed by atoms with Crippen molar-refractivity contribution in [1.82, 2.24) is 24.9 Å². The number of carbonyl (C=O) groups is 1. The first kappa shape index (κ1) is 14.6. The van der Waals surface area contributed by atoms with Gasteiger partial charge in [0.2, 0.25) is 11.7 Å². The maximum atomic E-state index is 12.5. The average molecular weight is 333 g/mol. The van der Waals surface area contributed by atoms with E-state index in [1.54, 1.807) is 5.51 Å². The molecule has 2 fully saturated rings. The Balaban J connectivity index is 1.46. The minimum absolute atomic E-state index is 0.121. The summed E-state index contributed by atoms with van der Waals surface area (Å²) >= 11 is 1.51. The van der Waals surface area contributed by atoms with Gasteiger partial charge >= 0.3 is 6.03 Å². The van der Waals surface area contributed by atoms with Gasteiger partial charge in [-0.3, -0.25) is 0 Å². The van der Waals surface area contributed by atoms with Crippen LogP contribution in [0.2, 0.25) is 0 Å². The molecule has 4 rings (SSSR count). The van der Waals surface area contributed by atoms with Crippen molar-refractivity contribution in [3.05, 3.63) is 16.8 Å². The van der Waals surface area contributed by atoms with E-state index in [1.165, 1.54) is 11.3 Å². The van der Waals surface area contributed by atoms with Crippen LogP contribution in [0.15, 0.2) is 15.4 Å². The molecule has 2 saturated heterocycles. The number of hydrogen-bond acceptors (Lipinski definition) is 6. The number of nitrogens with zero attached hydrogens (tertiary/aromatic N) is 5. The number of rotatable bonds is 2. The Hall–Kier alpha value is -1.96. The Morgan fingerprint density at radius 1 is 1.22 bits per heavy atom. The van der Waals surface area contributed by atoms with E-state index in [1.807, 2.05) is 15.2 Å². The van der Waals surface area contributed by atoms with Crippen molar-refractivity contribution in [3.63, 3.8) is 0 Å². The summed E-state index contributed by atoms with van der Waals surface area (Å²) in [6.45, 7) is 3.25. The molecule has 0 N–H and O–H groups in total.